The summed E-state index contributed by atoms with van der Waals surface area (Å²) in [7, 11) is 1.60. The molecule has 0 saturated carbocycles. The van der Waals surface area contributed by atoms with Gasteiger partial charge in [0.25, 0.3) is 5.69 Å². The van der Waals surface area contributed by atoms with E-state index in [1.54, 1.807) is 19.2 Å². The minimum atomic E-state index is -0.419. The largest absolute Gasteiger partial charge is 0.493 e. The third-order valence-electron chi connectivity index (χ3n) is 4.11. The number of non-ortho nitro benzene ring substituents is 1. The lowest BCUT2D eigenvalue weighted by molar-refractivity contribution is -0.384. The van der Waals surface area contributed by atoms with Crippen LogP contribution in [0.3, 0.4) is 0 Å². The van der Waals surface area contributed by atoms with Crippen LogP contribution in [0.5, 0.6) is 11.5 Å². The molecule has 0 saturated heterocycles. The van der Waals surface area contributed by atoms with Gasteiger partial charge in [0.1, 0.15) is 6.61 Å². The van der Waals surface area contributed by atoms with Gasteiger partial charge in [0.2, 0.25) is 0 Å². The van der Waals surface area contributed by atoms with E-state index in [0.717, 1.165) is 16.8 Å². The number of halogens is 1. The molecule has 0 unspecified atom stereocenters. The Bertz CT molecular complexity index is 944. The second-order valence-electron chi connectivity index (χ2n) is 6.06. The van der Waals surface area contributed by atoms with Gasteiger partial charge in [-0.15, -0.1) is 0 Å². The standard InChI is InChI=1S/C21H19ClN2O4/c1-27-21-12-16(13-23-18-7-9-19(10-8-18)24(25)26)4-11-20(21)28-14-15-2-5-17(22)6-3-15/h2-12,23H,13-14H2,1H3. The molecular formula is C21H19ClN2O4. The van der Waals surface area contributed by atoms with Crippen LogP contribution in [0.1, 0.15) is 11.1 Å². The van der Waals surface area contributed by atoms with Crippen LogP contribution in [0.25, 0.3) is 0 Å². The lowest BCUT2D eigenvalue weighted by Crippen LogP contribution is -2.02. The molecule has 0 atom stereocenters. The van der Waals surface area contributed by atoms with Gasteiger partial charge in [-0.25, -0.2) is 0 Å². The SMILES string of the molecule is COc1cc(CNc2ccc([N+](=O)[O-])cc2)ccc1OCc1ccc(Cl)cc1. The Morgan fingerprint density at radius 3 is 2.29 bits per heavy atom. The molecule has 3 rings (SSSR count). The maximum absolute atomic E-state index is 10.7. The smallest absolute Gasteiger partial charge is 0.269 e. The molecule has 0 amide bonds. The number of hydrogen-bond donors (Lipinski definition) is 1. The summed E-state index contributed by atoms with van der Waals surface area (Å²) in [6.07, 6.45) is 0. The topological polar surface area (TPSA) is 73.6 Å². The van der Waals surface area contributed by atoms with Crippen molar-refractivity contribution in [1.82, 2.24) is 0 Å². The zero-order chi connectivity index (χ0) is 19.9. The van der Waals surface area contributed by atoms with Crippen molar-refractivity contribution < 1.29 is 14.4 Å². The van der Waals surface area contributed by atoms with Gasteiger partial charge in [0.05, 0.1) is 12.0 Å². The van der Waals surface area contributed by atoms with Crippen LogP contribution in [-0.2, 0) is 13.2 Å². The van der Waals surface area contributed by atoms with Crippen molar-refractivity contribution in [2.75, 3.05) is 12.4 Å². The highest BCUT2D eigenvalue weighted by Crippen LogP contribution is 2.29. The lowest BCUT2D eigenvalue weighted by Gasteiger charge is -2.13. The molecule has 0 spiro atoms. The molecule has 0 fully saturated rings. The number of anilines is 1. The van der Waals surface area contributed by atoms with Gasteiger partial charge in [-0.05, 0) is 47.5 Å². The highest BCUT2D eigenvalue weighted by Gasteiger charge is 2.08. The Kier molecular flexibility index (Phi) is 6.34. The molecule has 0 aliphatic carbocycles. The van der Waals surface area contributed by atoms with Gasteiger partial charge in [0.15, 0.2) is 11.5 Å². The first-order valence-electron chi connectivity index (χ1n) is 8.57. The molecule has 0 radical (unpaired) electrons. The molecule has 3 aromatic carbocycles. The highest BCUT2D eigenvalue weighted by atomic mass is 35.5. The van der Waals surface area contributed by atoms with Gasteiger partial charge < -0.3 is 14.8 Å². The van der Waals surface area contributed by atoms with Crippen molar-refractivity contribution in [3.05, 3.63) is 93.0 Å². The lowest BCUT2D eigenvalue weighted by atomic mass is 10.2. The highest BCUT2D eigenvalue weighted by molar-refractivity contribution is 6.30. The molecule has 7 heteroatoms. The molecular weight excluding hydrogens is 380 g/mol. The number of nitro benzene ring substituents is 1. The summed E-state index contributed by atoms with van der Waals surface area (Å²) in [5.74, 6) is 1.29. The Morgan fingerprint density at radius 1 is 0.964 bits per heavy atom. The molecule has 0 aliphatic rings. The van der Waals surface area contributed by atoms with E-state index in [-0.39, 0.29) is 5.69 Å². The maximum Gasteiger partial charge on any atom is 0.269 e. The molecule has 0 aliphatic heterocycles. The monoisotopic (exact) mass is 398 g/mol. The summed E-state index contributed by atoms with van der Waals surface area (Å²) in [6.45, 7) is 0.958. The van der Waals surface area contributed by atoms with E-state index in [1.165, 1.54) is 12.1 Å². The zero-order valence-corrected chi connectivity index (χ0v) is 16.0. The van der Waals surface area contributed by atoms with E-state index in [0.29, 0.717) is 29.7 Å². The number of benzene rings is 3. The van der Waals surface area contributed by atoms with E-state index in [2.05, 4.69) is 5.32 Å². The van der Waals surface area contributed by atoms with E-state index in [9.17, 15) is 10.1 Å². The summed E-state index contributed by atoms with van der Waals surface area (Å²) in [5, 5.41) is 14.6. The summed E-state index contributed by atoms with van der Waals surface area (Å²) in [6, 6.07) is 19.5. The Morgan fingerprint density at radius 2 is 1.64 bits per heavy atom. The summed E-state index contributed by atoms with van der Waals surface area (Å²) >= 11 is 5.89. The first-order chi connectivity index (χ1) is 13.5. The van der Waals surface area contributed by atoms with Crippen molar-refractivity contribution in [2.24, 2.45) is 0 Å². The number of nitrogens with zero attached hydrogens (tertiary/aromatic N) is 1. The van der Waals surface area contributed by atoms with Gasteiger partial charge >= 0.3 is 0 Å². The van der Waals surface area contributed by atoms with Crippen molar-refractivity contribution in [3.63, 3.8) is 0 Å². The van der Waals surface area contributed by atoms with E-state index >= 15 is 0 Å². The average molecular weight is 399 g/mol. The first-order valence-corrected chi connectivity index (χ1v) is 8.95. The third-order valence-corrected chi connectivity index (χ3v) is 4.36. The Balaban J connectivity index is 1.61. The van der Waals surface area contributed by atoms with Gasteiger partial charge in [0, 0.05) is 29.4 Å². The fraction of sp³-hybridized carbons (Fsp3) is 0.143. The van der Waals surface area contributed by atoms with Crippen LogP contribution < -0.4 is 14.8 Å². The van der Waals surface area contributed by atoms with Crippen molar-refractivity contribution >= 4 is 23.0 Å². The summed E-state index contributed by atoms with van der Waals surface area (Å²) in [5.41, 5.74) is 2.87. The number of nitrogens with one attached hydrogen (secondary N) is 1. The molecule has 28 heavy (non-hydrogen) atoms. The predicted octanol–water partition coefficient (Wildman–Crippen LogP) is 5.45. The number of hydrogen-bond acceptors (Lipinski definition) is 5. The number of ether oxygens (including phenoxy) is 2. The predicted molar refractivity (Wildman–Crippen MR) is 109 cm³/mol. The molecule has 144 valence electrons. The maximum atomic E-state index is 10.7. The van der Waals surface area contributed by atoms with Crippen LogP contribution >= 0.6 is 11.6 Å². The Hall–Kier alpha value is -3.25. The fourth-order valence-corrected chi connectivity index (χ4v) is 2.71. The second-order valence-corrected chi connectivity index (χ2v) is 6.49. The van der Waals surface area contributed by atoms with Crippen molar-refractivity contribution in [1.29, 1.82) is 0 Å². The second kappa shape index (κ2) is 9.10. The Labute approximate surface area is 167 Å². The van der Waals surface area contributed by atoms with Gasteiger partial charge in [-0.1, -0.05) is 29.8 Å². The fourth-order valence-electron chi connectivity index (χ4n) is 2.59. The average Bonchev–Trinajstić information content (AvgIpc) is 2.72. The number of methoxy groups -OCH3 is 1. The molecule has 6 nitrogen and oxygen atoms in total. The van der Waals surface area contributed by atoms with Gasteiger partial charge in [-0.2, -0.15) is 0 Å². The summed E-state index contributed by atoms with van der Waals surface area (Å²) in [4.78, 5) is 10.3. The minimum Gasteiger partial charge on any atom is -0.493 e. The van der Waals surface area contributed by atoms with E-state index < -0.39 is 4.92 Å². The van der Waals surface area contributed by atoms with Gasteiger partial charge in [-0.3, -0.25) is 10.1 Å². The summed E-state index contributed by atoms with van der Waals surface area (Å²) < 4.78 is 11.3. The zero-order valence-electron chi connectivity index (χ0n) is 15.2. The van der Waals surface area contributed by atoms with Crippen LogP contribution in [0.4, 0.5) is 11.4 Å². The third kappa shape index (κ3) is 5.14. The van der Waals surface area contributed by atoms with Crippen LogP contribution in [0.2, 0.25) is 5.02 Å². The molecule has 0 heterocycles. The van der Waals surface area contributed by atoms with Crippen molar-refractivity contribution in [2.45, 2.75) is 13.2 Å². The minimum absolute atomic E-state index is 0.0643. The van der Waals surface area contributed by atoms with Crippen LogP contribution in [0.15, 0.2) is 66.7 Å². The molecule has 1 N–H and O–H groups in total. The molecule has 3 aromatic rings. The molecule has 0 aromatic heterocycles. The number of nitro groups is 1. The quantitative estimate of drug-likeness (QED) is 0.403. The van der Waals surface area contributed by atoms with Crippen molar-refractivity contribution in [3.8, 4) is 11.5 Å². The van der Waals surface area contributed by atoms with Crippen LogP contribution in [0, 0.1) is 10.1 Å². The van der Waals surface area contributed by atoms with E-state index in [1.807, 2.05) is 42.5 Å². The normalized spacial score (nSPS) is 10.4. The molecule has 0 bridgehead atoms. The van der Waals surface area contributed by atoms with Crippen LogP contribution in [-0.4, -0.2) is 12.0 Å². The van der Waals surface area contributed by atoms with E-state index in [4.69, 9.17) is 21.1 Å². The first kappa shape index (κ1) is 19.5. The number of rotatable bonds is 8.